The highest BCUT2D eigenvalue weighted by Crippen LogP contribution is 2.29. The van der Waals surface area contributed by atoms with Crippen LogP contribution in [0.2, 0.25) is 0 Å². The van der Waals surface area contributed by atoms with Crippen LogP contribution < -0.4 is 15.8 Å². The van der Waals surface area contributed by atoms with Crippen molar-refractivity contribution < 1.29 is 14.3 Å². The van der Waals surface area contributed by atoms with Crippen LogP contribution in [0, 0.1) is 0 Å². The van der Waals surface area contributed by atoms with Gasteiger partial charge in [-0.05, 0) is 35.4 Å². The van der Waals surface area contributed by atoms with E-state index in [4.69, 9.17) is 15.2 Å². The molecule has 1 aromatic heterocycles. The number of rotatable bonds is 6. The number of aromatic nitrogens is 2. The number of nitrogens with two attached hydrogens (primary N) is 1. The van der Waals surface area contributed by atoms with E-state index in [-0.39, 0.29) is 11.9 Å². The molecule has 0 spiro atoms. The molecule has 8 heteroatoms. The zero-order chi connectivity index (χ0) is 20.9. The second-order valence-corrected chi connectivity index (χ2v) is 7.18. The number of amides is 1. The Balaban J connectivity index is 1.55. The Labute approximate surface area is 175 Å². The third-order valence-electron chi connectivity index (χ3n) is 4.97. The summed E-state index contributed by atoms with van der Waals surface area (Å²) in [6.45, 7) is 6.15. The number of hydrogen-bond acceptors (Lipinski definition) is 7. The van der Waals surface area contributed by atoms with Crippen molar-refractivity contribution in [3.05, 3.63) is 42.5 Å². The average Bonchev–Trinajstić information content (AvgIpc) is 2.74. The summed E-state index contributed by atoms with van der Waals surface area (Å²) in [4.78, 5) is 22.2. The molecule has 2 heterocycles. The van der Waals surface area contributed by atoms with Gasteiger partial charge >= 0.3 is 0 Å². The number of anilines is 2. The van der Waals surface area contributed by atoms with E-state index < -0.39 is 0 Å². The molecule has 0 radical (unpaired) electrons. The molecule has 0 saturated carbocycles. The summed E-state index contributed by atoms with van der Waals surface area (Å²) in [5.41, 5.74) is 9.40. The molecule has 30 heavy (non-hydrogen) atoms. The molecular formula is C22H25N5O3. The Morgan fingerprint density at radius 3 is 2.60 bits per heavy atom. The molecule has 0 unspecified atom stereocenters. The van der Waals surface area contributed by atoms with E-state index in [1.165, 1.54) is 6.92 Å². The van der Waals surface area contributed by atoms with Crippen LogP contribution in [0.25, 0.3) is 22.0 Å². The van der Waals surface area contributed by atoms with Gasteiger partial charge in [-0.15, -0.1) is 0 Å². The lowest BCUT2D eigenvalue weighted by Gasteiger charge is -2.26. The molecule has 1 saturated heterocycles. The number of carbonyl (C=O) groups excluding carboxylic acids is 1. The third-order valence-corrected chi connectivity index (χ3v) is 4.97. The Hall–Kier alpha value is -3.23. The lowest BCUT2D eigenvalue weighted by molar-refractivity contribution is -0.114. The highest BCUT2D eigenvalue weighted by atomic mass is 16.5. The molecule has 1 aliphatic heterocycles. The molecule has 1 fully saturated rings. The molecule has 1 amide bonds. The fraction of sp³-hybridized carbons (Fsp3) is 0.318. The maximum atomic E-state index is 11.2. The number of carbonyl (C=O) groups is 1. The molecule has 4 rings (SSSR count). The molecule has 3 aromatic rings. The SMILES string of the molecule is CC(=O)Nc1ccc(-c2ccc3nc(N)nc(OCCN4CCOCC4)c3c2)cc1. The predicted octanol–water partition coefficient (Wildman–Crippen LogP) is 2.55. The van der Waals surface area contributed by atoms with Crippen molar-refractivity contribution in [3.8, 4) is 17.0 Å². The molecule has 3 N–H and O–H groups in total. The normalized spacial score (nSPS) is 14.6. The number of nitrogen functional groups attached to an aromatic ring is 1. The van der Waals surface area contributed by atoms with Gasteiger partial charge in [0.2, 0.25) is 17.7 Å². The summed E-state index contributed by atoms with van der Waals surface area (Å²) in [6.07, 6.45) is 0. The smallest absolute Gasteiger partial charge is 0.226 e. The van der Waals surface area contributed by atoms with Crippen molar-refractivity contribution >= 4 is 28.4 Å². The molecule has 156 valence electrons. The summed E-state index contributed by atoms with van der Waals surface area (Å²) >= 11 is 0. The minimum atomic E-state index is -0.0953. The van der Waals surface area contributed by atoms with Crippen LogP contribution in [0.4, 0.5) is 11.6 Å². The van der Waals surface area contributed by atoms with E-state index in [1.54, 1.807) is 0 Å². The minimum absolute atomic E-state index is 0.0953. The van der Waals surface area contributed by atoms with Gasteiger partial charge in [0.25, 0.3) is 0 Å². The van der Waals surface area contributed by atoms with Crippen molar-refractivity contribution in [2.45, 2.75) is 6.92 Å². The number of ether oxygens (including phenoxy) is 2. The third kappa shape index (κ3) is 4.84. The number of morpholine rings is 1. The van der Waals surface area contributed by atoms with Crippen LogP contribution in [0.1, 0.15) is 6.92 Å². The largest absolute Gasteiger partial charge is 0.476 e. The zero-order valence-electron chi connectivity index (χ0n) is 16.9. The second-order valence-electron chi connectivity index (χ2n) is 7.18. The maximum absolute atomic E-state index is 11.2. The van der Waals surface area contributed by atoms with E-state index in [9.17, 15) is 4.79 Å². The van der Waals surface area contributed by atoms with Crippen LogP contribution in [0.3, 0.4) is 0 Å². The first kappa shape index (κ1) is 20.1. The lowest BCUT2D eigenvalue weighted by Crippen LogP contribution is -2.38. The van der Waals surface area contributed by atoms with Gasteiger partial charge in [0.1, 0.15) is 6.61 Å². The topological polar surface area (TPSA) is 103 Å². The number of nitrogens with zero attached hydrogens (tertiary/aromatic N) is 3. The highest BCUT2D eigenvalue weighted by molar-refractivity contribution is 5.90. The first-order chi connectivity index (χ1) is 14.6. The van der Waals surface area contributed by atoms with Crippen molar-refractivity contribution in [2.75, 3.05) is 50.5 Å². The first-order valence-corrected chi connectivity index (χ1v) is 9.97. The van der Waals surface area contributed by atoms with Gasteiger partial charge in [0, 0.05) is 32.2 Å². The maximum Gasteiger partial charge on any atom is 0.226 e. The predicted molar refractivity (Wildman–Crippen MR) is 116 cm³/mol. The van der Waals surface area contributed by atoms with Crippen LogP contribution in [-0.2, 0) is 9.53 Å². The van der Waals surface area contributed by atoms with Gasteiger partial charge in [0.05, 0.1) is 24.1 Å². The summed E-state index contributed by atoms with van der Waals surface area (Å²) in [5, 5.41) is 3.59. The van der Waals surface area contributed by atoms with Gasteiger partial charge in [-0.2, -0.15) is 4.98 Å². The summed E-state index contributed by atoms with van der Waals surface area (Å²) < 4.78 is 11.4. The van der Waals surface area contributed by atoms with Gasteiger partial charge < -0.3 is 20.5 Å². The summed E-state index contributed by atoms with van der Waals surface area (Å²) in [6, 6.07) is 13.6. The van der Waals surface area contributed by atoms with Crippen molar-refractivity contribution in [2.24, 2.45) is 0 Å². The van der Waals surface area contributed by atoms with E-state index in [1.807, 2.05) is 42.5 Å². The van der Waals surface area contributed by atoms with Crippen molar-refractivity contribution in [1.82, 2.24) is 14.9 Å². The van der Waals surface area contributed by atoms with Gasteiger partial charge in [-0.1, -0.05) is 18.2 Å². The van der Waals surface area contributed by atoms with E-state index in [0.717, 1.165) is 60.6 Å². The highest BCUT2D eigenvalue weighted by Gasteiger charge is 2.13. The molecule has 2 aromatic carbocycles. The van der Waals surface area contributed by atoms with Crippen molar-refractivity contribution in [3.63, 3.8) is 0 Å². The fourth-order valence-corrected chi connectivity index (χ4v) is 3.45. The molecular weight excluding hydrogens is 382 g/mol. The number of benzene rings is 2. The Morgan fingerprint density at radius 2 is 1.87 bits per heavy atom. The summed E-state index contributed by atoms with van der Waals surface area (Å²) in [5.74, 6) is 0.584. The monoisotopic (exact) mass is 407 g/mol. The van der Waals surface area contributed by atoms with Crippen LogP contribution in [0.5, 0.6) is 5.88 Å². The van der Waals surface area contributed by atoms with Gasteiger partial charge in [-0.25, -0.2) is 4.98 Å². The van der Waals surface area contributed by atoms with Crippen LogP contribution in [-0.4, -0.2) is 60.2 Å². The summed E-state index contributed by atoms with van der Waals surface area (Å²) in [7, 11) is 0. The number of hydrogen-bond donors (Lipinski definition) is 2. The van der Waals surface area contributed by atoms with Gasteiger partial charge in [0.15, 0.2) is 0 Å². The molecule has 0 atom stereocenters. The van der Waals surface area contributed by atoms with Crippen LogP contribution in [0.15, 0.2) is 42.5 Å². The standard InChI is InChI=1S/C22H25N5O3/c1-15(28)24-18-5-2-16(3-6-18)17-4-7-20-19(14-17)21(26-22(23)25-20)30-13-10-27-8-11-29-12-9-27/h2-7,14H,8-13H2,1H3,(H,24,28)(H2,23,25,26). The van der Waals surface area contributed by atoms with E-state index in [0.29, 0.717) is 12.5 Å². The Morgan fingerprint density at radius 1 is 1.13 bits per heavy atom. The van der Waals surface area contributed by atoms with E-state index >= 15 is 0 Å². The quantitative estimate of drug-likeness (QED) is 0.647. The first-order valence-electron chi connectivity index (χ1n) is 9.97. The molecule has 0 aliphatic carbocycles. The number of nitrogens with one attached hydrogen (secondary N) is 1. The van der Waals surface area contributed by atoms with Crippen LogP contribution >= 0.6 is 0 Å². The Kier molecular flexibility index (Phi) is 6.06. The number of fused-ring (bicyclic) bond motifs is 1. The molecule has 1 aliphatic rings. The fourth-order valence-electron chi connectivity index (χ4n) is 3.45. The molecule has 0 bridgehead atoms. The lowest BCUT2D eigenvalue weighted by atomic mass is 10.0. The minimum Gasteiger partial charge on any atom is -0.476 e. The molecule has 8 nitrogen and oxygen atoms in total. The Bertz CT molecular complexity index is 1030. The van der Waals surface area contributed by atoms with Crippen molar-refractivity contribution in [1.29, 1.82) is 0 Å². The average molecular weight is 407 g/mol. The zero-order valence-corrected chi connectivity index (χ0v) is 16.9. The van der Waals surface area contributed by atoms with Gasteiger partial charge in [-0.3, -0.25) is 9.69 Å². The van der Waals surface area contributed by atoms with E-state index in [2.05, 4.69) is 20.2 Å². The second kappa shape index (κ2) is 9.06.